The van der Waals surface area contributed by atoms with E-state index in [-0.39, 0.29) is 12.5 Å². The van der Waals surface area contributed by atoms with Gasteiger partial charge in [-0.25, -0.2) is 0 Å². The fraction of sp³-hybridized carbons (Fsp3) is 0.735. The molecule has 3 N–H and O–H groups in total. The maximum atomic E-state index is 12.2. The number of carbonyl (C=O) groups is 1. The Morgan fingerprint density at radius 3 is 1.74 bits per heavy atom. The minimum absolute atomic E-state index is 0.0510. The first-order valence-electron chi connectivity index (χ1n) is 15.8. The summed E-state index contributed by atoms with van der Waals surface area (Å²) in [5.41, 5.74) is 0. The molecule has 0 aromatic heterocycles. The van der Waals surface area contributed by atoms with E-state index in [0.29, 0.717) is 12.8 Å². The van der Waals surface area contributed by atoms with Gasteiger partial charge in [-0.3, -0.25) is 4.79 Å². The van der Waals surface area contributed by atoms with Crippen molar-refractivity contribution in [3.63, 3.8) is 0 Å². The molecule has 220 valence electrons. The average molecular weight is 532 g/mol. The van der Waals surface area contributed by atoms with Gasteiger partial charge in [0.2, 0.25) is 5.91 Å². The fourth-order valence-electron chi connectivity index (χ4n) is 4.41. The van der Waals surface area contributed by atoms with Crippen LogP contribution < -0.4 is 5.32 Å². The van der Waals surface area contributed by atoms with Crippen molar-refractivity contribution in [1.82, 2.24) is 5.32 Å². The summed E-state index contributed by atoms with van der Waals surface area (Å²) in [4.78, 5) is 12.2. The van der Waals surface area contributed by atoms with Crippen molar-refractivity contribution in [2.75, 3.05) is 6.61 Å². The molecule has 2 atom stereocenters. The molecule has 0 fully saturated rings. The van der Waals surface area contributed by atoms with Crippen molar-refractivity contribution in [2.45, 2.75) is 154 Å². The molecule has 0 heterocycles. The summed E-state index contributed by atoms with van der Waals surface area (Å²) in [6.45, 7) is 4.14. The minimum atomic E-state index is -0.659. The van der Waals surface area contributed by atoms with Gasteiger partial charge in [-0.05, 0) is 51.4 Å². The summed E-state index contributed by atoms with van der Waals surface area (Å²) in [6.07, 6.45) is 38.9. The molecule has 0 aromatic rings. The predicted octanol–water partition coefficient (Wildman–Crippen LogP) is 8.89. The van der Waals surface area contributed by atoms with Gasteiger partial charge in [0.1, 0.15) is 0 Å². The van der Waals surface area contributed by atoms with Crippen LogP contribution in [0, 0.1) is 0 Å². The molecular formula is C34H61NO3. The van der Waals surface area contributed by atoms with E-state index in [1.165, 1.54) is 64.2 Å². The summed E-state index contributed by atoms with van der Waals surface area (Å²) >= 11 is 0. The molecule has 0 aliphatic heterocycles. The Balaban J connectivity index is 3.56. The second-order valence-corrected chi connectivity index (χ2v) is 10.5. The van der Waals surface area contributed by atoms with Gasteiger partial charge in [-0.2, -0.15) is 0 Å². The third kappa shape index (κ3) is 26.0. The van der Waals surface area contributed by atoms with E-state index in [4.69, 9.17) is 0 Å². The number of hydrogen-bond donors (Lipinski definition) is 3. The number of allylic oxidation sites excluding steroid dienone is 8. The largest absolute Gasteiger partial charge is 0.394 e. The molecule has 4 heteroatoms. The molecule has 0 saturated heterocycles. The maximum Gasteiger partial charge on any atom is 0.220 e. The van der Waals surface area contributed by atoms with E-state index >= 15 is 0 Å². The fourth-order valence-corrected chi connectivity index (χ4v) is 4.41. The Kier molecular flexibility index (Phi) is 28.6. The zero-order valence-electron chi connectivity index (χ0n) is 24.9. The Labute approximate surface area is 235 Å². The molecule has 38 heavy (non-hydrogen) atoms. The van der Waals surface area contributed by atoms with Crippen LogP contribution in [-0.4, -0.2) is 34.9 Å². The zero-order chi connectivity index (χ0) is 27.9. The first kappa shape index (κ1) is 36.4. The number of aliphatic hydroxyl groups excluding tert-OH is 2. The number of unbranched alkanes of at least 4 members (excludes halogenated alkanes) is 12. The highest BCUT2D eigenvalue weighted by Gasteiger charge is 2.19. The van der Waals surface area contributed by atoms with Crippen LogP contribution in [-0.2, 0) is 4.79 Å². The summed E-state index contributed by atoms with van der Waals surface area (Å²) < 4.78 is 0. The lowest BCUT2D eigenvalue weighted by molar-refractivity contribution is -0.123. The number of hydrogen-bond acceptors (Lipinski definition) is 3. The molecule has 0 radical (unpaired) electrons. The lowest BCUT2D eigenvalue weighted by Gasteiger charge is -2.22. The third-order valence-electron chi connectivity index (χ3n) is 6.85. The number of rotatable bonds is 27. The highest BCUT2D eigenvalue weighted by molar-refractivity contribution is 5.76. The van der Waals surface area contributed by atoms with Gasteiger partial charge in [0, 0.05) is 6.42 Å². The number of amides is 1. The van der Waals surface area contributed by atoms with Crippen LogP contribution in [0.3, 0.4) is 0 Å². The summed E-state index contributed by atoms with van der Waals surface area (Å²) in [6, 6.07) is -0.537. The van der Waals surface area contributed by atoms with Gasteiger partial charge in [-0.1, -0.05) is 133 Å². The van der Waals surface area contributed by atoms with Gasteiger partial charge < -0.3 is 15.5 Å². The first-order chi connectivity index (χ1) is 18.7. The third-order valence-corrected chi connectivity index (χ3v) is 6.85. The van der Waals surface area contributed by atoms with Gasteiger partial charge in [0.15, 0.2) is 0 Å². The van der Waals surface area contributed by atoms with E-state index in [1.54, 1.807) is 0 Å². The number of aliphatic hydroxyl groups is 2. The van der Waals surface area contributed by atoms with Crippen molar-refractivity contribution in [3.8, 4) is 0 Å². The van der Waals surface area contributed by atoms with Crippen LogP contribution in [0.1, 0.15) is 142 Å². The lowest BCUT2D eigenvalue weighted by Crippen LogP contribution is -2.45. The topological polar surface area (TPSA) is 69.6 Å². The Bertz CT molecular complexity index is 623. The van der Waals surface area contributed by atoms with Gasteiger partial charge >= 0.3 is 0 Å². The van der Waals surface area contributed by atoms with E-state index in [2.05, 4.69) is 67.8 Å². The monoisotopic (exact) mass is 531 g/mol. The van der Waals surface area contributed by atoms with E-state index in [0.717, 1.165) is 51.4 Å². The molecule has 4 nitrogen and oxygen atoms in total. The van der Waals surface area contributed by atoms with E-state index in [1.807, 2.05) is 0 Å². The molecular weight excluding hydrogens is 470 g/mol. The highest BCUT2D eigenvalue weighted by Crippen LogP contribution is 2.12. The Morgan fingerprint density at radius 1 is 0.658 bits per heavy atom. The van der Waals surface area contributed by atoms with Gasteiger partial charge in [0.25, 0.3) is 0 Å². The smallest absolute Gasteiger partial charge is 0.220 e. The van der Waals surface area contributed by atoms with Crippen molar-refractivity contribution >= 4 is 5.91 Å². The van der Waals surface area contributed by atoms with Crippen LogP contribution in [0.2, 0.25) is 0 Å². The van der Waals surface area contributed by atoms with Crippen LogP contribution in [0.15, 0.2) is 48.6 Å². The second-order valence-electron chi connectivity index (χ2n) is 10.5. The minimum Gasteiger partial charge on any atom is -0.394 e. The predicted molar refractivity (Wildman–Crippen MR) is 165 cm³/mol. The zero-order valence-corrected chi connectivity index (χ0v) is 24.9. The molecule has 0 spiro atoms. The normalized spacial score (nSPS) is 13.9. The maximum absolute atomic E-state index is 12.2. The van der Waals surface area contributed by atoms with Crippen LogP contribution in [0.25, 0.3) is 0 Å². The van der Waals surface area contributed by atoms with Gasteiger partial charge in [-0.15, -0.1) is 0 Å². The molecule has 0 saturated carbocycles. The van der Waals surface area contributed by atoms with Crippen molar-refractivity contribution in [2.24, 2.45) is 0 Å². The summed E-state index contributed by atoms with van der Waals surface area (Å²) in [7, 11) is 0. The summed E-state index contributed by atoms with van der Waals surface area (Å²) in [5.74, 6) is -0.0510. The highest BCUT2D eigenvalue weighted by atomic mass is 16.3. The average Bonchev–Trinajstić information content (AvgIpc) is 2.92. The van der Waals surface area contributed by atoms with Crippen LogP contribution in [0.5, 0.6) is 0 Å². The Morgan fingerprint density at radius 2 is 1.16 bits per heavy atom. The molecule has 0 rings (SSSR count). The Hall–Kier alpha value is -1.65. The second kappa shape index (κ2) is 29.9. The standard InChI is InChI=1S/C34H61NO3/c1-3-5-7-9-10-11-12-13-14-15-16-17-18-19-20-21-22-23-24-26-28-30-34(38)35-32(31-36)33(37)29-27-25-8-6-4-2/h5,7,10-11,13-14,16-17,32-33,36-37H,3-4,6,8-9,12,15,18-31H2,1-2H3,(H,35,38)/b7-5-,11-10-,14-13-,17-16-. The SMILES string of the molecule is CC/C=C\C/C=C\C/C=C\C/C=C\CCCCCCCCCCC(=O)NC(CO)C(O)CCCCCCC. The molecule has 2 unspecified atom stereocenters. The molecule has 1 amide bonds. The van der Waals surface area contributed by atoms with Crippen molar-refractivity contribution in [3.05, 3.63) is 48.6 Å². The lowest BCUT2D eigenvalue weighted by atomic mass is 10.0. The molecule has 0 aromatic carbocycles. The number of nitrogens with one attached hydrogen (secondary N) is 1. The van der Waals surface area contributed by atoms with Gasteiger partial charge in [0.05, 0.1) is 18.8 Å². The van der Waals surface area contributed by atoms with Crippen molar-refractivity contribution < 1.29 is 15.0 Å². The van der Waals surface area contributed by atoms with E-state index in [9.17, 15) is 15.0 Å². The van der Waals surface area contributed by atoms with Crippen molar-refractivity contribution in [1.29, 1.82) is 0 Å². The molecule has 0 aliphatic rings. The van der Waals surface area contributed by atoms with Crippen LogP contribution >= 0.6 is 0 Å². The van der Waals surface area contributed by atoms with Crippen LogP contribution in [0.4, 0.5) is 0 Å². The summed E-state index contributed by atoms with van der Waals surface area (Å²) in [5, 5.41) is 22.7. The van der Waals surface area contributed by atoms with E-state index < -0.39 is 12.1 Å². The number of carbonyl (C=O) groups excluding carboxylic acids is 1. The molecule has 0 bridgehead atoms. The molecule has 0 aliphatic carbocycles. The first-order valence-corrected chi connectivity index (χ1v) is 15.8. The quantitative estimate of drug-likeness (QED) is 0.0732.